The van der Waals surface area contributed by atoms with Gasteiger partial charge >= 0.3 is 0 Å². The Hall–Kier alpha value is -1.62. The second-order valence-electron chi connectivity index (χ2n) is 6.01. The number of carbonyl (C=O) groups excluding carboxylic acids is 1. The highest BCUT2D eigenvalue weighted by molar-refractivity contribution is 5.82. The number of benzene rings is 1. The third-order valence-electron chi connectivity index (χ3n) is 3.48. The lowest BCUT2D eigenvalue weighted by Gasteiger charge is -2.23. The molecule has 0 unspecified atom stereocenters. The third kappa shape index (κ3) is 5.01. The van der Waals surface area contributed by atoms with Crippen molar-refractivity contribution in [1.82, 2.24) is 10.6 Å². The summed E-state index contributed by atoms with van der Waals surface area (Å²) in [6.07, 6.45) is 2.16. The highest BCUT2D eigenvalue weighted by atomic mass is 19.1. The smallest absolute Gasteiger partial charge is 0.239 e. The lowest BCUT2D eigenvalue weighted by molar-refractivity contribution is -0.119. The largest absolute Gasteiger partial charge is 0.365 e. The summed E-state index contributed by atoms with van der Waals surface area (Å²) in [4.78, 5) is 13.7. The minimum Gasteiger partial charge on any atom is -0.365 e. The van der Waals surface area contributed by atoms with Crippen LogP contribution in [0.4, 0.5) is 10.1 Å². The number of nitrogens with one attached hydrogen (secondary N) is 2. The fraction of sp³-hybridized carbons (Fsp3) is 0.562. The Morgan fingerprint density at radius 3 is 2.76 bits per heavy atom. The van der Waals surface area contributed by atoms with Crippen molar-refractivity contribution in [2.24, 2.45) is 0 Å². The molecule has 0 spiro atoms. The van der Waals surface area contributed by atoms with Gasteiger partial charge in [0.25, 0.3) is 0 Å². The molecule has 0 radical (unpaired) electrons. The summed E-state index contributed by atoms with van der Waals surface area (Å²) in [6, 6.07) is 5.38. The Morgan fingerprint density at radius 1 is 1.43 bits per heavy atom. The number of likely N-dealkylation sites (N-methyl/N-ethyl adjacent to an activating group) is 1. The molecule has 0 atom stereocenters. The molecule has 0 saturated heterocycles. The highest BCUT2D eigenvalue weighted by Gasteiger charge is 2.23. The van der Waals surface area contributed by atoms with E-state index in [1.165, 1.54) is 12.1 Å². The summed E-state index contributed by atoms with van der Waals surface area (Å²) in [5, 5.41) is 6.25. The van der Waals surface area contributed by atoms with Crippen LogP contribution in [0.5, 0.6) is 0 Å². The van der Waals surface area contributed by atoms with E-state index in [-0.39, 0.29) is 18.3 Å². The van der Waals surface area contributed by atoms with Gasteiger partial charge in [-0.2, -0.15) is 0 Å². The first-order chi connectivity index (χ1) is 9.95. The van der Waals surface area contributed by atoms with Gasteiger partial charge in [0.1, 0.15) is 5.82 Å². The average molecular weight is 293 g/mol. The normalized spacial score (nSPS) is 14.3. The van der Waals surface area contributed by atoms with Gasteiger partial charge in [0.05, 0.1) is 6.54 Å². The zero-order chi connectivity index (χ0) is 15.4. The molecule has 1 fully saturated rings. The van der Waals surface area contributed by atoms with E-state index in [2.05, 4.69) is 10.6 Å². The van der Waals surface area contributed by atoms with Gasteiger partial charge in [-0.1, -0.05) is 13.8 Å². The van der Waals surface area contributed by atoms with E-state index >= 15 is 0 Å². The summed E-state index contributed by atoms with van der Waals surface area (Å²) in [6.45, 7) is 4.97. The van der Waals surface area contributed by atoms with Crippen LogP contribution in [0.25, 0.3) is 0 Å². The molecule has 4 nitrogen and oxygen atoms in total. The van der Waals surface area contributed by atoms with Crippen LogP contribution in [0, 0.1) is 5.82 Å². The van der Waals surface area contributed by atoms with Crippen molar-refractivity contribution in [3.8, 4) is 0 Å². The van der Waals surface area contributed by atoms with E-state index in [0.717, 1.165) is 24.1 Å². The van der Waals surface area contributed by atoms with Crippen molar-refractivity contribution in [3.63, 3.8) is 0 Å². The standard InChI is InChI=1S/C16H24FN3O/c1-11(2)18-9-12-8-13(17)4-7-15(12)20(3)10-16(21)19-14-5-6-14/h4,7-8,11,14,18H,5-6,9-10H2,1-3H3,(H,19,21). The summed E-state index contributed by atoms with van der Waals surface area (Å²) in [5.41, 5.74) is 1.75. The van der Waals surface area contributed by atoms with Crippen molar-refractivity contribution in [3.05, 3.63) is 29.6 Å². The Morgan fingerprint density at radius 2 is 2.14 bits per heavy atom. The van der Waals surface area contributed by atoms with Crippen LogP contribution < -0.4 is 15.5 Å². The summed E-state index contributed by atoms with van der Waals surface area (Å²) < 4.78 is 13.5. The summed E-state index contributed by atoms with van der Waals surface area (Å²) in [5.74, 6) is -0.234. The molecule has 116 valence electrons. The van der Waals surface area contributed by atoms with E-state index in [4.69, 9.17) is 0 Å². The number of halogens is 1. The lowest BCUT2D eigenvalue weighted by atomic mass is 10.1. The molecule has 2 N–H and O–H groups in total. The first kappa shape index (κ1) is 15.8. The fourth-order valence-electron chi connectivity index (χ4n) is 2.18. The van der Waals surface area contributed by atoms with Gasteiger partial charge in [-0.05, 0) is 36.6 Å². The first-order valence-corrected chi connectivity index (χ1v) is 7.48. The van der Waals surface area contributed by atoms with Crippen molar-refractivity contribution < 1.29 is 9.18 Å². The number of anilines is 1. The van der Waals surface area contributed by atoms with Crippen LogP contribution >= 0.6 is 0 Å². The summed E-state index contributed by atoms with van der Waals surface area (Å²) in [7, 11) is 1.86. The van der Waals surface area contributed by atoms with Crippen LogP contribution in [-0.2, 0) is 11.3 Å². The molecule has 1 saturated carbocycles. The Bertz CT molecular complexity index is 500. The molecular weight excluding hydrogens is 269 g/mol. The zero-order valence-electron chi connectivity index (χ0n) is 12.9. The van der Waals surface area contributed by atoms with Crippen LogP contribution in [-0.4, -0.2) is 31.6 Å². The maximum Gasteiger partial charge on any atom is 0.239 e. The quantitative estimate of drug-likeness (QED) is 0.808. The second kappa shape index (κ2) is 6.89. The Balaban J connectivity index is 2.03. The minimum atomic E-state index is -0.255. The monoisotopic (exact) mass is 293 g/mol. The molecule has 21 heavy (non-hydrogen) atoms. The second-order valence-corrected chi connectivity index (χ2v) is 6.01. The highest BCUT2D eigenvalue weighted by Crippen LogP contribution is 2.22. The van der Waals surface area contributed by atoms with Gasteiger partial charge in [0.2, 0.25) is 5.91 Å². The molecule has 1 aromatic rings. The molecule has 1 amide bonds. The predicted molar refractivity (Wildman–Crippen MR) is 82.8 cm³/mol. The van der Waals surface area contributed by atoms with Gasteiger partial charge < -0.3 is 15.5 Å². The Labute approximate surface area is 125 Å². The molecule has 0 aliphatic heterocycles. The van der Waals surface area contributed by atoms with Crippen molar-refractivity contribution >= 4 is 11.6 Å². The number of carbonyl (C=O) groups is 1. The van der Waals surface area contributed by atoms with E-state index < -0.39 is 0 Å². The van der Waals surface area contributed by atoms with E-state index in [1.807, 2.05) is 25.8 Å². The molecule has 0 bridgehead atoms. The van der Waals surface area contributed by atoms with Crippen LogP contribution in [0.1, 0.15) is 32.3 Å². The van der Waals surface area contributed by atoms with Gasteiger partial charge in [-0.15, -0.1) is 0 Å². The zero-order valence-corrected chi connectivity index (χ0v) is 12.9. The predicted octanol–water partition coefficient (Wildman–Crippen LogP) is 2.04. The Kier molecular flexibility index (Phi) is 5.17. The number of amides is 1. The van der Waals surface area contributed by atoms with Gasteiger partial charge in [0.15, 0.2) is 0 Å². The van der Waals surface area contributed by atoms with Crippen LogP contribution in [0.3, 0.4) is 0 Å². The SMILES string of the molecule is CC(C)NCc1cc(F)ccc1N(C)CC(=O)NC1CC1. The molecule has 5 heteroatoms. The minimum absolute atomic E-state index is 0.0205. The van der Waals surface area contributed by atoms with E-state index in [1.54, 1.807) is 6.07 Å². The number of nitrogens with zero attached hydrogens (tertiary/aromatic N) is 1. The maximum absolute atomic E-state index is 13.5. The molecule has 1 aromatic carbocycles. The van der Waals surface area contributed by atoms with Crippen molar-refractivity contribution in [2.45, 2.75) is 45.3 Å². The lowest BCUT2D eigenvalue weighted by Crippen LogP contribution is -2.36. The number of hydrogen-bond donors (Lipinski definition) is 2. The topological polar surface area (TPSA) is 44.4 Å². The number of hydrogen-bond acceptors (Lipinski definition) is 3. The molecule has 0 heterocycles. The fourth-order valence-corrected chi connectivity index (χ4v) is 2.18. The first-order valence-electron chi connectivity index (χ1n) is 7.48. The third-order valence-corrected chi connectivity index (χ3v) is 3.48. The van der Waals surface area contributed by atoms with Crippen molar-refractivity contribution in [1.29, 1.82) is 0 Å². The van der Waals surface area contributed by atoms with Gasteiger partial charge in [-0.25, -0.2) is 4.39 Å². The van der Waals surface area contributed by atoms with E-state index in [9.17, 15) is 9.18 Å². The van der Waals surface area contributed by atoms with Gasteiger partial charge in [0, 0.05) is 31.4 Å². The van der Waals surface area contributed by atoms with Crippen molar-refractivity contribution in [2.75, 3.05) is 18.5 Å². The molecule has 1 aliphatic carbocycles. The summed E-state index contributed by atoms with van der Waals surface area (Å²) >= 11 is 0. The molecule has 1 aliphatic rings. The van der Waals surface area contributed by atoms with Gasteiger partial charge in [-0.3, -0.25) is 4.79 Å². The molecule has 2 rings (SSSR count). The molecule has 0 aromatic heterocycles. The maximum atomic E-state index is 13.5. The van der Waals surface area contributed by atoms with Crippen LogP contribution in [0.15, 0.2) is 18.2 Å². The number of rotatable bonds is 7. The molecular formula is C16H24FN3O. The van der Waals surface area contributed by atoms with Crippen LogP contribution in [0.2, 0.25) is 0 Å². The van der Waals surface area contributed by atoms with E-state index in [0.29, 0.717) is 18.6 Å². The average Bonchev–Trinajstić information content (AvgIpc) is 3.19.